The maximum absolute atomic E-state index is 12.0. The normalized spacial score (nSPS) is 10.7. The highest BCUT2D eigenvalue weighted by molar-refractivity contribution is 9.10. The van der Waals surface area contributed by atoms with Gasteiger partial charge in [0.15, 0.2) is 5.69 Å². The van der Waals surface area contributed by atoms with Crippen LogP contribution in [0, 0.1) is 0 Å². The van der Waals surface area contributed by atoms with Crippen molar-refractivity contribution in [2.75, 3.05) is 19.5 Å². The minimum absolute atomic E-state index is 0.231. The summed E-state index contributed by atoms with van der Waals surface area (Å²) >= 11 is 3.44. The Hall–Kier alpha value is -2.41. The van der Waals surface area contributed by atoms with Crippen LogP contribution in [0.25, 0.3) is 16.6 Å². The van der Waals surface area contributed by atoms with E-state index in [0.717, 1.165) is 15.7 Å². The van der Waals surface area contributed by atoms with Crippen molar-refractivity contribution in [2.24, 2.45) is 0 Å². The zero-order valence-electron chi connectivity index (χ0n) is 12.0. The van der Waals surface area contributed by atoms with Crippen LogP contribution in [-0.2, 0) is 4.74 Å². The van der Waals surface area contributed by atoms with Crippen molar-refractivity contribution >= 4 is 38.6 Å². The molecule has 3 aromatic rings. The van der Waals surface area contributed by atoms with Crippen LogP contribution >= 0.6 is 15.9 Å². The highest BCUT2D eigenvalue weighted by Gasteiger charge is 2.21. The fourth-order valence-electron chi connectivity index (χ4n) is 2.30. The Morgan fingerprint density at radius 3 is 2.86 bits per heavy atom. The van der Waals surface area contributed by atoms with Crippen LogP contribution in [0.3, 0.4) is 0 Å². The van der Waals surface area contributed by atoms with Gasteiger partial charge in [0.2, 0.25) is 0 Å². The summed E-state index contributed by atoms with van der Waals surface area (Å²) in [6.07, 6.45) is 1.67. The van der Waals surface area contributed by atoms with Gasteiger partial charge in [0, 0.05) is 17.7 Å². The quantitative estimate of drug-likeness (QED) is 0.727. The van der Waals surface area contributed by atoms with Crippen LogP contribution in [0.1, 0.15) is 10.5 Å². The predicted octanol–water partition coefficient (Wildman–Crippen LogP) is 3.01. The van der Waals surface area contributed by atoms with E-state index in [2.05, 4.69) is 31.3 Å². The van der Waals surface area contributed by atoms with Crippen molar-refractivity contribution in [3.05, 3.63) is 46.7 Å². The molecule has 1 N–H and O–H groups in total. The van der Waals surface area contributed by atoms with Gasteiger partial charge in [-0.3, -0.25) is 0 Å². The Morgan fingerprint density at radius 1 is 1.36 bits per heavy atom. The molecule has 6 nitrogen and oxygen atoms in total. The fourth-order valence-corrected chi connectivity index (χ4v) is 2.69. The molecule has 7 heteroatoms. The zero-order valence-corrected chi connectivity index (χ0v) is 13.6. The number of benzene rings is 1. The van der Waals surface area contributed by atoms with Crippen LogP contribution in [0.15, 0.2) is 41.0 Å². The maximum Gasteiger partial charge on any atom is 0.359 e. The Balaban J connectivity index is 2.35. The molecule has 0 aliphatic rings. The number of ether oxygens (including phenoxy) is 1. The summed E-state index contributed by atoms with van der Waals surface area (Å²) in [5.41, 5.74) is 1.84. The Bertz CT molecular complexity index is 860. The van der Waals surface area contributed by atoms with Gasteiger partial charge in [0.05, 0.1) is 23.7 Å². The van der Waals surface area contributed by atoms with Gasteiger partial charge < -0.3 is 10.1 Å². The standard InChI is InChI=1S/C15H13BrN4O2/c1-17-14-12-11(6-7-18-14)20(19-13(12)15(21)22-2)10-5-3-4-9(16)8-10/h3-8H,1-2H3,(H,17,18). The second-order valence-corrected chi connectivity index (χ2v) is 5.45. The number of carbonyl (C=O) groups excluding carboxylic acids is 1. The molecule has 0 fully saturated rings. The van der Waals surface area contributed by atoms with Crippen molar-refractivity contribution < 1.29 is 9.53 Å². The Labute approximate surface area is 135 Å². The highest BCUT2D eigenvalue weighted by Crippen LogP contribution is 2.28. The van der Waals surface area contributed by atoms with Crippen LogP contribution in [0.5, 0.6) is 0 Å². The molecule has 0 atom stereocenters. The van der Waals surface area contributed by atoms with E-state index >= 15 is 0 Å². The molecule has 22 heavy (non-hydrogen) atoms. The number of pyridine rings is 1. The van der Waals surface area contributed by atoms with E-state index in [1.165, 1.54) is 7.11 Å². The molecule has 112 valence electrons. The van der Waals surface area contributed by atoms with Gasteiger partial charge in [-0.1, -0.05) is 22.0 Å². The number of hydrogen-bond donors (Lipinski definition) is 1. The molecule has 0 saturated carbocycles. The van der Waals surface area contributed by atoms with Crippen molar-refractivity contribution in [2.45, 2.75) is 0 Å². The number of esters is 1. The van der Waals surface area contributed by atoms with Gasteiger partial charge in [0.25, 0.3) is 0 Å². The van der Waals surface area contributed by atoms with Gasteiger partial charge in [-0.15, -0.1) is 0 Å². The minimum Gasteiger partial charge on any atom is -0.464 e. The number of nitrogens with one attached hydrogen (secondary N) is 1. The third-order valence-corrected chi connectivity index (χ3v) is 3.76. The van der Waals surface area contributed by atoms with E-state index in [4.69, 9.17) is 4.74 Å². The summed E-state index contributed by atoms with van der Waals surface area (Å²) in [7, 11) is 3.08. The number of nitrogens with zero attached hydrogens (tertiary/aromatic N) is 3. The number of fused-ring (bicyclic) bond motifs is 1. The molecular formula is C15H13BrN4O2. The molecule has 2 aromatic heterocycles. The summed E-state index contributed by atoms with van der Waals surface area (Å²) in [4.78, 5) is 16.3. The number of hydrogen-bond acceptors (Lipinski definition) is 5. The molecule has 2 heterocycles. The average Bonchev–Trinajstić information content (AvgIpc) is 2.94. The van der Waals surface area contributed by atoms with E-state index < -0.39 is 5.97 Å². The molecule has 3 rings (SSSR count). The number of anilines is 1. The highest BCUT2D eigenvalue weighted by atomic mass is 79.9. The molecule has 1 aromatic carbocycles. The van der Waals surface area contributed by atoms with Gasteiger partial charge in [0.1, 0.15) is 5.82 Å². The average molecular weight is 361 g/mol. The third-order valence-electron chi connectivity index (χ3n) is 3.26. The molecule has 0 radical (unpaired) electrons. The lowest BCUT2D eigenvalue weighted by atomic mass is 10.2. The monoisotopic (exact) mass is 360 g/mol. The largest absolute Gasteiger partial charge is 0.464 e. The van der Waals surface area contributed by atoms with E-state index in [1.54, 1.807) is 17.9 Å². The molecule has 0 bridgehead atoms. The first-order chi connectivity index (χ1) is 10.7. The van der Waals surface area contributed by atoms with E-state index in [-0.39, 0.29) is 5.69 Å². The molecular weight excluding hydrogens is 348 g/mol. The number of aromatic nitrogens is 3. The number of rotatable bonds is 3. The third kappa shape index (κ3) is 2.33. The smallest absolute Gasteiger partial charge is 0.359 e. The molecule has 0 unspecified atom stereocenters. The first-order valence-corrected chi connectivity index (χ1v) is 7.34. The fraction of sp³-hybridized carbons (Fsp3) is 0.133. The Morgan fingerprint density at radius 2 is 2.18 bits per heavy atom. The van der Waals surface area contributed by atoms with E-state index in [0.29, 0.717) is 11.2 Å². The van der Waals surface area contributed by atoms with E-state index in [1.807, 2.05) is 30.3 Å². The molecule has 0 aliphatic carbocycles. The lowest BCUT2D eigenvalue weighted by Gasteiger charge is -2.05. The summed E-state index contributed by atoms with van der Waals surface area (Å²) in [6, 6.07) is 9.49. The van der Waals surface area contributed by atoms with Crippen molar-refractivity contribution in [1.82, 2.24) is 14.8 Å². The summed E-state index contributed by atoms with van der Waals surface area (Å²) in [5.74, 6) is 0.0855. The van der Waals surface area contributed by atoms with Crippen molar-refractivity contribution in [3.63, 3.8) is 0 Å². The van der Waals surface area contributed by atoms with Gasteiger partial charge >= 0.3 is 5.97 Å². The lowest BCUT2D eigenvalue weighted by molar-refractivity contribution is 0.0595. The second kappa shape index (κ2) is 5.76. The van der Waals surface area contributed by atoms with Crippen LogP contribution in [-0.4, -0.2) is 34.9 Å². The number of methoxy groups -OCH3 is 1. The first-order valence-electron chi connectivity index (χ1n) is 6.55. The van der Waals surface area contributed by atoms with Gasteiger partial charge in [-0.25, -0.2) is 14.5 Å². The topological polar surface area (TPSA) is 69.0 Å². The van der Waals surface area contributed by atoms with Crippen LogP contribution in [0.4, 0.5) is 5.82 Å². The van der Waals surface area contributed by atoms with Gasteiger partial charge in [-0.2, -0.15) is 5.10 Å². The Kier molecular flexibility index (Phi) is 3.81. The molecule has 0 spiro atoms. The van der Waals surface area contributed by atoms with Crippen LogP contribution in [0.2, 0.25) is 0 Å². The summed E-state index contributed by atoms with van der Waals surface area (Å²) < 4.78 is 7.47. The second-order valence-electron chi connectivity index (χ2n) is 4.54. The SMILES string of the molecule is CNc1nccc2c1c(C(=O)OC)nn2-c1cccc(Br)c1. The first kappa shape index (κ1) is 14.5. The van der Waals surface area contributed by atoms with Gasteiger partial charge in [-0.05, 0) is 24.3 Å². The predicted molar refractivity (Wildman–Crippen MR) is 87.5 cm³/mol. The lowest BCUT2D eigenvalue weighted by Crippen LogP contribution is -2.05. The molecule has 0 amide bonds. The van der Waals surface area contributed by atoms with Crippen molar-refractivity contribution in [1.29, 1.82) is 0 Å². The summed E-state index contributed by atoms with van der Waals surface area (Å²) in [5, 5.41) is 8.04. The zero-order chi connectivity index (χ0) is 15.7. The number of halogens is 1. The molecule has 0 aliphatic heterocycles. The van der Waals surface area contributed by atoms with Crippen molar-refractivity contribution in [3.8, 4) is 5.69 Å². The minimum atomic E-state index is -0.497. The van der Waals surface area contributed by atoms with E-state index in [9.17, 15) is 4.79 Å². The summed E-state index contributed by atoms with van der Waals surface area (Å²) in [6.45, 7) is 0. The number of carbonyl (C=O) groups is 1. The van der Waals surface area contributed by atoms with Crippen LogP contribution < -0.4 is 5.32 Å². The maximum atomic E-state index is 12.0. The molecule has 0 saturated heterocycles.